The molecule has 1 N–H and O–H groups in total. The molecule has 0 aromatic heterocycles. The Hall–Kier alpha value is -1.05. The van der Waals surface area contributed by atoms with Crippen LogP contribution in [-0.4, -0.2) is 12.9 Å². The maximum Gasteiger partial charge on any atom is 0.0867 e. The van der Waals surface area contributed by atoms with Gasteiger partial charge < -0.3 is 5.32 Å². The molecule has 0 heterocycles. The van der Waals surface area contributed by atoms with E-state index in [1.165, 1.54) is 32.1 Å². The summed E-state index contributed by atoms with van der Waals surface area (Å²) in [7, 11) is 0. The van der Waals surface area contributed by atoms with E-state index >= 15 is 0 Å². The summed E-state index contributed by atoms with van der Waals surface area (Å²) in [4.78, 5) is 4.47. The van der Waals surface area contributed by atoms with E-state index in [-0.39, 0.29) is 0 Å². The van der Waals surface area contributed by atoms with Crippen LogP contribution in [0.2, 0.25) is 0 Å². The summed E-state index contributed by atoms with van der Waals surface area (Å²) in [6.07, 6.45) is 12.5. The number of allylic oxidation sites excluding steroid dienone is 2. The van der Waals surface area contributed by atoms with Crippen LogP contribution in [0.25, 0.3) is 0 Å². The second kappa shape index (κ2) is 8.10. The van der Waals surface area contributed by atoms with E-state index < -0.39 is 0 Å². The van der Waals surface area contributed by atoms with Crippen LogP contribution in [-0.2, 0) is 0 Å². The maximum atomic E-state index is 4.47. The van der Waals surface area contributed by atoms with E-state index in [0.29, 0.717) is 0 Å². The molecule has 1 rings (SSSR count). The normalized spacial score (nSPS) is 26.1. The monoisotopic (exact) mass is 234 g/mol. The van der Waals surface area contributed by atoms with Crippen molar-refractivity contribution in [1.29, 1.82) is 0 Å². The molecular formula is C15H26N2. The zero-order valence-corrected chi connectivity index (χ0v) is 11.3. The number of hydrogen-bond donors (Lipinski definition) is 1. The molecule has 1 aliphatic carbocycles. The topological polar surface area (TPSA) is 24.4 Å². The van der Waals surface area contributed by atoms with E-state index in [4.69, 9.17) is 0 Å². The summed E-state index contributed by atoms with van der Waals surface area (Å²) in [5, 5.41) is 3.14. The molecule has 2 atom stereocenters. The fourth-order valence-electron chi connectivity index (χ4n) is 2.52. The Morgan fingerprint density at radius 3 is 2.82 bits per heavy atom. The van der Waals surface area contributed by atoms with Gasteiger partial charge >= 0.3 is 0 Å². The molecule has 0 amide bonds. The van der Waals surface area contributed by atoms with Crippen molar-refractivity contribution >= 4 is 6.34 Å². The average Bonchev–Trinajstić information content (AvgIpc) is 2.39. The summed E-state index contributed by atoms with van der Waals surface area (Å²) >= 11 is 0. The second-order valence-corrected chi connectivity index (χ2v) is 4.89. The summed E-state index contributed by atoms with van der Waals surface area (Å²) in [6.45, 7) is 9.00. The molecule has 0 saturated heterocycles. The highest BCUT2D eigenvalue weighted by Gasteiger charge is 2.19. The lowest BCUT2D eigenvalue weighted by Gasteiger charge is -2.27. The number of nitrogens with one attached hydrogen (secondary N) is 1. The van der Waals surface area contributed by atoms with Crippen LogP contribution < -0.4 is 5.32 Å². The van der Waals surface area contributed by atoms with Crippen molar-refractivity contribution in [3.8, 4) is 0 Å². The summed E-state index contributed by atoms with van der Waals surface area (Å²) in [6, 6.07) is 0. The van der Waals surface area contributed by atoms with Crippen molar-refractivity contribution in [1.82, 2.24) is 5.32 Å². The zero-order valence-electron chi connectivity index (χ0n) is 11.3. The molecule has 1 aliphatic rings. The van der Waals surface area contributed by atoms with Crippen molar-refractivity contribution in [2.24, 2.45) is 16.8 Å². The minimum atomic E-state index is 0.796. The lowest BCUT2D eigenvalue weighted by Crippen LogP contribution is -2.18. The van der Waals surface area contributed by atoms with E-state index in [9.17, 15) is 0 Å². The van der Waals surface area contributed by atoms with Gasteiger partial charge in [0.1, 0.15) is 0 Å². The zero-order chi connectivity index (χ0) is 12.5. The van der Waals surface area contributed by atoms with E-state index in [1.54, 1.807) is 6.08 Å². The first kappa shape index (κ1) is 14.0. The van der Waals surface area contributed by atoms with Crippen molar-refractivity contribution in [2.75, 3.05) is 6.54 Å². The van der Waals surface area contributed by atoms with Gasteiger partial charge in [-0.25, -0.2) is 0 Å². The highest BCUT2D eigenvalue weighted by molar-refractivity contribution is 5.58. The molecule has 2 heteroatoms. The largest absolute Gasteiger partial charge is 0.347 e. The Morgan fingerprint density at radius 2 is 2.18 bits per heavy atom. The van der Waals surface area contributed by atoms with Crippen LogP contribution in [0.3, 0.4) is 0 Å². The van der Waals surface area contributed by atoms with Crippen LogP contribution in [0.5, 0.6) is 0 Å². The predicted octanol–water partition coefficient (Wildman–Crippen LogP) is 3.91. The van der Waals surface area contributed by atoms with Crippen LogP contribution in [0, 0.1) is 11.8 Å². The average molecular weight is 234 g/mol. The lowest BCUT2D eigenvalue weighted by molar-refractivity contribution is 0.266. The number of nitrogens with zero attached hydrogens (tertiary/aromatic N) is 1. The van der Waals surface area contributed by atoms with Gasteiger partial charge in [0.05, 0.1) is 6.34 Å². The molecule has 0 aromatic carbocycles. The van der Waals surface area contributed by atoms with Crippen LogP contribution in [0.1, 0.15) is 46.0 Å². The smallest absolute Gasteiger partial charge is 0.0867 e. The lowest BCUT2D eigenvalue weighted by atomic mass is 9.80. The SMILES string of the molecule is C=C/C(=C\C)NC=NCC1CCCC(CC)C1. The van der Waals surface area contributed by atoms with E-state index in [0.717, 1.165) is 24.1 Å². The van der Waals surface area contributed by atoms with Gasteiger partial charge in [-0.15, -0.1) is 0 Å². The van der Waals surface area contributed by atoms with Gasteiger partial charge in [0.2, 0.25) is 0 Å². The molecule has 1 saturated carbocycles. The molecule has 0 radical (unpaired) electrons. The molecule has 2 unspecified atom stereocenters. The molecule has 2 nitrogen and oxygen atoms in total. The predicted molar refractivity (Wildman–Crippen MR) is 76.2 cm³/mol. The highest BCUT2D eigenvalue weighted by atomic mass is 14.9. The van der Waals surface area contributed by atoms with Crippen molar-refractivity contribution in [2.45, 2.75) is 46.0 Å². The van der Waals surface area contributed by atoms with Gasteiger partial charge in [-0.05, 0) is 37.7 Å². The molecule has 0 spiro atoms. The minimum Gasteiger partial charge on any atom is -0.347 e. The van der Waals surface area contributed by atoms with Gasteiger partial charge in [0.25, 0.3) is 0 Å². The van der Waals surface area contributed by atoms with Gasteiger partial charge in [-0.2, -0.15) is 0 Å². The quantitative estimate of drug-likeness (QED) is 0.420. The Labute approximate surface area is 106 Å². The third-order valence-corrected chi connectivity index (χ3v) is 3.69. The third kappa shape index (κ3) is 5.20. The number of aliphatic imine (C=N–C) groups is 1. The standard InChI is InChI=1S/C15H26N2/c1-4-13-8-7-9-14(10-13)11-16-12-17-15(5-2)6-3/h5-6,12-14H,2,4,7-11H2,1,3H3,(H,16,17)/b15-6+. The molecule has 17 heavy (non-hydrogen) atoms. The first-order chi connectivity index (χ1) is 8.30. The molecule has 0 aromatic rings. The third-order valence-electron chi connectivity index (χ3n) is 3.69. The first-order valence-electron chi connectivity index (χ1n) is 6.83. The van der Waals surface area contributed by atoms with Gasteiger partial charge in [-0.3, -0.25) is 4.99 Å². The second-order valence-electron chi connectivity index (χ2n) is 4.89. The van der Waals surface area contributed by atoms with Crippen LogP contribution in [0.4, 0.5) is 0 Å². The Kier molecular flexibility index (Phi) is 6.68. The first-order valence-corrected chi connectivity index (χ1v) is 6.83. The van der Waals surface area contributed by atoms with Gasteiger partial charge in [0, 0.05) is 12.2 Å². The summed E-state index contributed by atoms with van der Waals surface area (Å²) < 4.78 is 0. The Balaban J connectivity index is 2.25. The molecule has 1 fully saturated rings. The van der Waals surface area contributed by atoms with E-state index in [1.807, 2.05) is 19.3 Å². The van der Waals surface area contributed by atoms with Crippen molar-refractivity contribution in [3.63, 3.8) is 0 Å². The molecule has 0 bridgehead atoms. The van der Waals surface area contributed by atoms with Crippen LogP contribution in [0.15, 0.2) is 29.4 Å². The summed E-state index contributed by atoms with van der Waals surface area (Å²) in [5.74, 6) is 1.74. The van der Waals surface area contributed by atoms with Gasteiger partial charge in [0.15, 0.2) is 0 Å². The molecule has 0 aliphatic heterocycles. The van der Waals surface area contributed by atoms with Crippen LogP contribution >= 0.6 is 0 Å². The maximum absolute atomic E-state index is 4.47. The van der Waals surface area contributed by atoms with Crippen molar-refractivity contribution in [3.05, 3.63) is 24.4 Å². The Morgan fingerprint density at radius 1 is 1.41 bits per heavy atom. The fraction of sp³-hybridized carbons (Fsp3) is 0.667. The number of rotatable bonds is 6. The van der Waals surface area contributed by atoms with Crippen molar-refractivity contribution < 1.29 is 0 Å². The Bertz CT molecular complexity index is 279. The minimum absolute atomic E-state index is 0.796. The fourth-order valence-corrected chi connectivity index (χ4v) is 2.52. The summed E-state index contributed by atoms with van der Waals surface area (Å²) in [5.41, 5.74) is 1.02. The molecular weight excluding hydrogens is 208 g/mol. The van der Waals surface area contributed by atoms with E-state index in [2.05, 4.69) is 23.8 Å². The highest BCUT2D eigenvalue weighted by Crippen LogP contribution is 2.30. The molecule has 96 valence electrons. The number of hydrogen-bond acceptors (Lipinski definition) is 1. The van der Waals surface area contributed by atoms with Gasteiger partial charge in [-0.1, -0.05) is 38.8 Å².